The zero-order valence-electron chi connectivity index (χ0n) is 15.2. The predicted molar refractivity (Wildman–Crippen MR) is 102 cm³/mol. The average Bonchev–Trinajstić information content (AvgIpc) is 3.13. The maximum Gasteiger partial charge on any atom is 0.269 e. The van der Waals surface area contributed by atoms with Gasteiger partial charge in [0.15, 0.2) is 0 Å². The maximum absolute atomic E-state index is 12.2. The highest BCUT2D eigenvalue weighted by atomic mass is 16.6. The fraction of sp³-hybridized carbons (Fsp3) is 0.150. The van der Waals surface area contributed by atoms with Crippen LogP contribution in [-0.2, 0) is 9.53 Å². The molecule has 2 heterocycles. The molecule has 0 aliphatic carbocycles. The molecule has 4 rings (SSSR count). The number of benzene rings is 2. The number of aromatic nitrogens is 1. The molecule has 8 nitrogen and oxygen atoms in total. The number of nitrogens with zero attached hydrogens (tertiary/aromatic N) is 4. The number of non-ortho nitro benzene ring substituents is 1. The molecule has 0 spiro atoms. The van der Waals surface area contributed by atoms with Crippen molar-refractivity contribution in [1.29, 1.82) is 0 Å². The van der Waals surface area contributed by atoms with Gasteiger partial charge in [0, 0.05) is 41.3 Å². The van der Waals surface area contributed by atoms with E-state index in [1.54, 1.807) is 12.1 Å². The number of nitro groups is 1. The number of ether oxygens (including phenoxy) is 1. The van der Waals surface area contributed by atoms with Crippen LogP contribution in [-0.4, -0.2) is 26.7 Å². The van der Waals surface area contributed by atoms with Crippen molar-refractivity contribution in [3.63, 3.8) is 0 Å². The van der Waals surface area contributed by atoms with Gasteiger partial charge in [-0.15, -0.1) is 5.10 Å². The molecule has 8 heteroatoms. The largest absolute Gasteiger partial charge is 0.446 e. The number of hydrogen-bond acceptors (Lipinski definition) is 6. The van der Waals surface area contributed by atoms with E-state index in [0.717, 1.165) is 22.2 Å². The molecule has 1 aliphatic heterocycles. The van der Waals surface area contributed by atoms with E-state index in [1.165, 1.54) is 24.1 Å². The lowest BCUT2D eigenvalue weighted by atomic mass is 10.1. The van der Waals surface area contributed by atoms with Gasteiger partial charge in [-0.3, -0.25) is 19.9 Å². The SMILES string of the molecule is CC(=O)N1N=C(c2ccc([N+](=O)[O-])cc2)OC1c1cc(C)nc2ccccc12. The van der Waals surface area contributed by atoms with Crippen molar-refractivity contribution < 1.29 is 14.5 Å². The molecular formula is C20H16N4O4. The van der Waals surface area contributed by atoms with Crippen molar-refractivity contribution in [1.82, 2.24) is 9.99 Å². The number of amides is 1. The van der Waals surface area contributed by atoms with E-state index in [2.05, 4.69) is 10.1 Å². The Kier molecular flexibility index (Phi) is 4.23. The van der Waals surface area contributed by atoms with Crippen molar-refractivity contribution in [2.24, 2.45) is 5.10 Å². The average molecular weight is 376 g/mol. The van der Waals surface area contributed by atoms with Gasteiger partial charge in [-0.2, -0.15) is 5.01 Å². The summed E-state index contributed by atoms with van der Waals surface area (Å²) in [5.41, 5.74) is 2.89. The van der Waals surface area contributed by atoms with Gasteiger partial charge < -0.3 is 4.74 Å². The molecule has 1 amide bonds. The molecule has 0 N–H and O–H groups in total. The first-order valence-electron chi connectivity index (χ1n) is 8.60. The highest BCUT2D eigenvalue weighted by molar-refractivity contribution is 5.97. The van der Waals surface area contributed by atoms with Crippen LogP contribution in [0.5, 0.6) is 0 Å². The van der Waals surface area contributed by atoms with Crippen LogP contribution < -0.4 is 0 Å². The van der Waals surface area contributed by atoms with Crippen LogP contribution in [0.25, 0.3) is 10.9 Å². The van der Waals surface area contributed by atoms with Crippen LogP contribution in [0, 0.1) is 17.0 Å². The van der Waals surface area contributed by atoms with Crippen LogP contribution in [0.2, 0.25) is 0 Å². The highest BCUT2D eigenvalue weighted by Crippen LogP contribution is 2.34. The molecule has 3 aromatic rings. The minimum Gasteiger partial charge on any atom is -0.446 e. The number of aryl methyl sites for hydroxylation is 1. The van der Waals surface area contributed by atoms with Crippen LogP contribution in [0.4, 0.5) is 5.69 Å². The number of rotatable bonds is 3. The van der Waals surface area contributed by atoms with E-state index in [-0.39, 0.29) is 17.5 Å². The number of para-hydroxylation sites is 1. The second-order valence-electron chi connectivity index (χ2n) is 6.41. The van der Waals surface area contributed by atoms with Crippen LogP contribution in [0.3, 0.4) is 0 Å². The third-order valence-electron chi connectivity index (χ3n) is 4.43. The molecule has 2 aromatic carbocycles. The van der Waals surface area contributed by atoms with Crippen LogP contribution in [0.15, 0.2) is 59.7 Å². The Hall–Kier alpha value is -3.81. The van der Waals surface area contributed by atoms with Gasteiger partial charge in [0.1, 0.15) is 0 Å². The lowest BCUT2D eigenvalue weighted by Crippen LogP contribution is -2.25. The zero-order valence-corrected chi connectivity index (χ0v) is 15.2. The van der Waals surface area contributed by atoms with E-state index < -0.39 is 11.2 Å². The molecule has 0 fully saturated rings. The molecule has 0 radical (unpaired) electrons. The van der Waals surface area contributed by atoms with Gasteiger partial charge in [0.25, 0.3) is 5.69 Å². The van der Waals surface area contributed by atoms with E-state index in [4.69, 9.17) is 4.74 Å². The highest BCUT2D eigenvalue weighted by Gasteiger charge is 2.34. The van der Waals surface area contributed by atoms with Crippen molar-refractivity contribution in [2.75, 3.05) is 0 Å². The lowest BCUT2D eigenvalue weighted by Gasteiger charge is -2.21. The molecule has 1 aliphatic rings. The first-order chi connectivity index (χ1) is 13.4. The summed E-state index contributed by atoms with van der Waals surface area (Å²) in [6.07, 6.45) is -0.741. The summed E-state index contributed by atoms with van der Waals surface area (Å²) in [6.45, 7) is 3.29. The number of fused-ring (bicyclic) bond motifs is 1. The van der Waals surface area contributed by atoms with Crippen LogP contribution >= 0.6 is 0 Å². The fourth-order valence-electron chi connectivity index (χ4n) is 3.16. The van der Waals surface area contributed by atoms with Crippen molar-refractivity contribution in [3.05, 3.63) is 81.5 Å². The summed E-state index contributed by atoms with van der Waals surface area (Å²) in [4.78, 5) is 27.1. The molecule has 1 atom stereocenters. The maximum atomic E-state index is 12.2. The first kappa shape index (κ1) is 17.6. The molecule has 28 heavy (non-hydrogen) atoms. The monoisotopic (exact) mass is 376 g/mol. The molecule has 140 valence electrons. The number of pyridine rings is 1. The van der Waals surface area contributed by atoms with E-state index in [0.29, 0.717) is 5.56 Å². The number of hydrazone groups is 1. The minimum absolute atomic E-state index is 0.0296. The summed E-state index contributed by atoms with van der Waals surface area (Å²) < 4.78 is 6.03. The van der Waals surface area contributed by atoms with Gasteiger partial charge in [0.05, 0.1) is 10.4 Å². The van der Waals surface area contributed by atoms with E-state index >= 15 is 0 Å². The van der Waals surface area contributed by atoms with E-state index in [9.17, 15) is 14.9 Å². The fourth-order valence-corrected chi connectivity index (χ4v) is 3.16. The number of carbonyl (C=O) groups excluding carboxylic acids is 1. The Labute approximate surface area is 160 Å². The Morgan fingerprint density at radius 1 is 1.18 bits per heavy atom. The van der Waals surface area contributed by atoms with Gasteiger partial charge >= 0.3 is 0 Å². The topological polar surface area (TPSA) is 97.9 Å². The molecule has 1 unspecified atom stereocenters. The summed E-state index contributed by atoms with van der Waals surface area (Å²) in [5.74, 6) is -0.0471. The van der Waals surface area contributed by atoms with Gasteiger partial charge in [-0.1, -0.05) is 18.2 Å². The summed E-state index contributed by atoms with van der Waals surface area (Å²) in [6, 6.07) is 15.3. The molecule has 0 bridgehead atoms. The van der Waals surface area contributed by atoms with Gasteiger partial charge in [-0.25, -0.2) is 0 Å². The summed E-state index contributed by atoms with van der Waals surface area (Å²) >= 11 is 0. The number of hydrogen-bond donors (Lipinski definition) is 0. The standard InChI is InChI=1S/C20H16N4O4/c1-12-11-17(16-5-3-4-6-18(16)21-12)20-23(13(2)25)22-19(28-20)14-7-9-15(10-8-14)24(26)27/h3-11,20H,1-2H3. The molecule has 0 saturated heterocycles. The molecule has 0 saturated carbocycles. The van der Waals surface area contributed by atoms with Gasteiger partial charge in [-0.05, 0) is 31.2 Å². The Morgan fingerprint density at radius 3 is 2.57 bits per heavy atom. The third-order valence-corrected chi connectivity index (χ3v) is 4.43. The lowest BCUT2D eigenvalue weighted by molar-refractivity contribution is -0.384. The summed E-state index contributed by atoms with van der Waals surface area (Å²) in [5, 5.41) is 17.3. The van der Waals surface area contributed by atoms with Crippen LogP contribution in [0.1, 0.15) is 30.0 Å². The van der Waals surface area contributed by atoms with Crippen molar-refractivity contribution in [2.45, 2.75) is 20.1 Å². The normalized spacial score (nSPS) is 16.0. The van der Waals surface area contributed by atoms with Gasteiger partial charge in [0.2, 0.25) is 18.0 Å². The number of nitro benzene ring substituents is 1. The molecule has 1 aromatic heterocycles. The third kappa shape index (κ3) is 3.05. The predicted octanol–water partition coefficient (Wildman–Crippen LogP) is 3.69. The zero-order chi connectivity index (χ0) is 19.8. The Morgan fingerprint density at radius 2 is 1.89 bits per heavy atom. The van der Waals surface area contributed by atoms with Crippen molar-refractivity contribution in [3.8, 4) is 0 Å². The minimum atomic E-state index is -0.741. The van der Waals surface area contributed by atoms with E-state index in [1.807, 2.05) is 37.3 Å². The smallest absolute Gasteiger partial charge is 0.269 e. The Bertz CT molecular complexity index is 1120. The second kappa shape index (κ2) is 6.73. The Balaban J connectivity index is 1.76. The first-order valence-corrected chi connectivity index (χ1v) is 8.60. The van der Waals surface area contributed by atoms with Crippen molar-refractivity contribution >= 4 is 28.4 Å². The number of carbonyl (C=O) groups is 1. The molecular weight excluding hydrogens is 360 g/mol. The second-order valence-corrected chi connectivity index (χ2v) is 6.41. The quantitative estimate of drug-likeness (QED) is 0.513. The summed E-state index contributed by atoms with van der Waals surface area (Å²) in [7, 11) is 0.